The van der Waals surface area contributed by atoms with E-state index < -0.39 is 10.7 Å². The zero-order chi connectivity index (χ0) is 13.8. The van der Waals surface area contributed by atoms with Crippen molar-refractivity contribution < 1.29 is 14.1 Å². The van der Waals surface area contributed by atoms with Crippen molar-refractivity contribution in [2.45, 2.75) is 12.8 Å². The molecule has 2 rings (SSSR count). The highest BCUT2D eigenvalue weighted by Gasteiger charge is 2.21. The first-order valence-electron chi connectivity index (χ1n) is 6.05. The van der Waals surface area contributed by atoms with Gasteiger partial charge in [-0.3, -0.25) is 10.1 Å². The molecule has 1 aromatic rings. The van der Waals surface area contributed by atoms with Crippen LogP contribution in [-0.2, 0) is 0 Å². The van der Waals surface area contributed by atoms with Gasteiger partial charge in [0.2, 0.25) is 0 Å². The van der Waals surface area contributed by atoms with Crippen molar-refractivity contribution in [3.8, 4) is 5.75 Å². The minimum Gasteiger partial charge on any atom is -0.486 e. The van der Waals surface area contributed by atoms with Gasteiger partial charge in [-0.05, 0) is 19.4 Å². The molecule has 1 unspecified atom stereocenters. The third-order valence-corrected chi connectivity index (χ3v) is 3.36. The molecule has 0 spiro atoms. The Kier molecular flexibility index (Phi) is 4.55. The molecule has 1 N–H and O–H groups in total. The molecule has 0 aromatic heterocycles. The summed E-state index contributed by atoms with van der Waals surface area (Å²) in [6, 6.07) is 1.95. The van der Waals surface area contributed by atoms with E-state index in [0.29, 0.717) is 6.61 Å². The van der Waals surface area contributed by atoms with Crippen LogP contribution in [0.3, 0.4) is 0 Å². The topological polar surface area (TPSA) is 64.4 Å². The predicted molar refractivity (Wildman–Crippen MR) is 69.2 cm³/mol. The van der Waals surface area contributed by atoms with Gasteiger partial charge in [0.15, 0.2) is 5.75 Å². The highest BCUT2D eigenvalue weighted by molar-refractivity contribution is 6.31. The van der Waals surface area contributed by atoms with Crippen LogP contribution in [0, 0.1) is 21.8 Å². The summed E-state index contributed by atoms with van der Waals surface area (Å²) < 4.78 is 18.7. The van der Waals surface area contributed by atoms with E-state index in [1.165, 1.54) is 0 Å². The first-order valence-corrected chi connectivity index (χ1v) is 6.42. The van der Waals surface area contributed by atoms with Gasteiger partial charge in [-0.15, -0.1) is 0 Å². The number of hydrogen-bond acceptors (Lipinski definition) is 4. The number of piperidine rings is 1. The quantitative estimate of drug-likeness (QED) is 0.683. The van der Waals surface area contributed by atoms with Gasteiger partial charge in [0.25, 0.3) is 0 Å². The fourth-order valence-corrected chi connectivity index (χ4v) is 2.21. The molecule has 1 heterocycles. The molecule has 0 aliphatic carbocycles. The fraction of sp³-hybridized carbons (Fsp3) is 0.500. The zero-order valence-electron chi connectivity index (χ0n) is 10.2. The van der Waals surface area contributed by atoms with Gasteiger partial charge < -0.3 is 10.1 Å². The lowest BCUT2D eigenvalue weighted by Gasteiger charge is -2.22. The van der Waals surface area contributed by atoms with Crippen LogP contribution in [-0.4, -0.2) is 24.6 Å². The second kappa shape index (κ2) is 6.16. The van der Waals surface area contributed by atoms with Crippen LogP contribution in [0.2, 0.25) is 5.02 Å². The van der Waals surface area contributed by atoms with Crippen LogP contribution in [0.1, 0.15) is 12.8 Å². The number of nitro benzene ring substituents is 1. The Hall–Kier alpha value is -1.40. The van der Waals surface area contributed by atoms with Crippen molar-refractivity contribution in [2.75, 3.05) is 19.7 Å². The van der Waals surface area contributed by atoms with Crippen molar-refractivity contribution in [1.82, 2.24) is 5.32 Å². The van der Waals surface area contributed by atoms with E-state index >= 15 is 0 Å². The minimum atomic E-state index is -0.718. The summed E-state index contributed by atoms with van der Waals surface area (Å²) in [6.07, 6.45) is 2.04. The molecular formula is C12H14ClFN2O3. The zero-order valence-corrected chi connectivity index (χ0v) is 11.0. The number of nitrogens with zero attached hydrogens (tertiary/aromatic N) is 1. The van der Waals surface area contributed by atoms with Crippen LogP contribution < -0.4 is 10.1 Å². The van der Waals surface area contributed by atoms with E-state index in [-0.39, 0.29) is 22.4 Å². The van der Waals surface area contributed by atoms with Crippen LogP contribution in [0.15, 0.2) is 12.1 Å². The van der Waals surface area contributed by atoms with Crippen LogP contribution in [0.4, 0.5) is 10.1 Å². The average Bonchev–Trinajstić information content (AvgIpc) is 2.40. The molecule has 7 heteroatoms. The fourth-order valence-electron chi connectivity index (χ4n) is 2.05. The van der Waals surface area contributed by atoms with E-state index in [2.05, 4.69) is 5.32 Å². The molecule has 1 fully saturated rings. The molecule has 104 valence electrons. The number of benzene rings is 1. The lowest BCUT2D eigenvalue weighted by atomic mass is 10.0. The van der Waals surface area contributed by atoms with Gasteiger partial charge in [-0.1, -0.05) is 11.6 Å². The van der Waals surface area contributed by atoms with Crippen LogP contribution in [0.5, 0.6) is 5.75 Å². The molecular weight excluding hydrogens is 275 g/mol. The Morgan fingerprint density at radius 3 is 3.00 bits per heavy atom. The summed E-state index contributed by atoms with van der Waals surface area (Å²) in [6.45, 7) is 2.12. The Morgan fingerprint density at radius 2 is 2.37 bits per heavy atom. The average molecular weight is 289 g/mol. The van der Waals surface area contributed by atoms with Gasteiger partial charge in [-0.25, -0.2) is 4.39 Å². The third kappa shape index (κ3) is 3.54. The summed E-state index contributed by atoms with van der Waals surface area (Å²) in [5, 5.41) is 13.8. The molecule has 1 aliphatic rings. The Balaban J connectivity index is 2.09. The van der Waals surface area contributed by atoms with Crippen molar-refractivity contribution in [3.63, 3.8) is 0 Å². The summed E-state index contributed by atoms with van der Waals surface area (Å²) in [4.78, 5) is 10.2. The molecule has 1 aromatic carbocycles. The van der Waals surface area contributed by atoms with Gasteiger partial charge in [0.1, 0.15) is 5.82 Å². The number of nitro groups is 1. The maximum absolute atomic E-state index is 13.3. The van der Waals surface area contributed by atoms with Crippen molar-refractivity contribution in [1.29, 1.82) is 0 Å². The monoisotopic (exact) mass is 288 g/mol. The second-order valence-electron chi connectivity index (χ2n) is 4.51. The summed E-state index contributed by atoms with van der Waals surface area (Å²) in [5.41, 5.74) is -0.310. The molecule has 1 atom stereocenters. The predicted octanol–water partition coefficient (Wildman–Crippen LogP) is 2.77. The lowest BCUT2D eigenvalue weighted by molar-refractivity contribution is -0.386. The molecule has 1 aliphatic heterocycles. The number of ether oxygens (including phenoxy) is 1. The van der Waals surface area contributed by atoms with Gasteiger partial charge in [0, 0.05) is 24.6 Å². The van der Waals surface area contributed by atoms with E-state index in [9.17, 15) is 14.5 Å². The molecule has 5 nitrogen and oxygen atoms in total. The number of hydrogen-bond donors (Lipinski definition) is 1. The highest BCUT2D eigenvalue weighted by Crippen LogP contribution is 2.32. The largest absolute Gasteiger partial charge is 0.486 e. The number of rotatable bonds is 4. The van der Waals surface area contributed by atoms with Crippen molar-refractivity contribution >= 4 is 17.3 Å². The molecule has 1 saturated heterocycles. The van der Waals surface area contributed by atoms with Gasteiger partial charge in [0.05, 0.1) is 16.6 Å². The van der Waals surface area contributed by atoms with Crippen LogP contribution in [0.25, 0.3) is 0 Å². The molecule has 19 heavy (non-hydrogen) atoms. The molecule has 0 radical (unpaired) electrons. The first kappa shape index (κ1) is 14.0. The highest BCUT2D eigenvalue weighted by atomic mass is 35.5. The van der Waals surface area contributed by atoms with Gasteiger partial charge in [-0.2, -0.15) is 0 Å². The van der Waals surface area contributed by atoms with Crippen molar-refractivity contribution in [2.24, 2.45) is 5.92 Å². The van der Waals surface area contributed by atoms with E-state index in [1.54, 1.807) is 0 Å². The maximum atomic E-state index is 13.3. The van der Waals surface area contributed by atoms with E-state index in [4.69, 9.17) is 16.3 Å². The van der Waals surface area contributed by atoms with Crippen molar-refractivity contribution in [3.05, 3.63) is 33.1 Å². The summed E-state index contributed by atoms with van der Waals surface area (Å²) >= 11 is 5.53. The maximum Gasteiger partial charge on any atom is 0.312 e. The SMILES string of the molecule is O=[N+]([O-])c1cc(Cl)c(F)cc1OCC1CCCNC1. The van der Waals surface area contributed by atoms with E-state index in [0.717, 1.165) is 38.1 Å². The summed E-state index contributed by atoms with van der Waals surface area (Å²) in [7, 11) is 0. The summed E-state index contributed by atoms with van der Waals surface area (Å²) in [5.74, 6) is -0.506. The van der Waals surface area contributed by atoms with E-state index in [1.807, 2.05) is 0 Å². The Morgan fingerprint density at radius 1 is 1.58 bits per heavy atom. The number of halogens is 2. The smallest absolute Gasteiger partial charge is 0.312 e. The van der Waals surface area contributed by atoms with Crippen LogP contribution >= 0.6 is 11.6 Å². The molecule has 0 amide bonds. The molecule has 0 bridgehead atoms. The second-order valence-corrected chi connectivity index (χ2v) is 4.92. The molecule has 0 saturated carbocycles. The lowest BCUT2D eigenvalue weighted by Crippen LogP contribution is -2.33. The third-order valence-electron chi connectivity index (χ3n) is 3.07. The Bertz CT molecular complexity index is 478. The Labute approximate surface area is 114 Å². The minimum absolute atomic E-state index is 0.0718. The standard InChI is InChI=1S/C12H14ClFN2O3/c13-9-4-11(16(17)18)12(5-10(9)14)19-7-8-2-1-3-15-6-8/h4-5,8,15H,1-3,6-7H2. The number of nitrogens with one attached hydrogen (secondary N) is 1. The normalized spacial score (nSPS) is 19.2. The van der Waals surface area contributed by atoms with Gasteiger partial charge >= 0.3 is 5.69 Å². The first-order chi connectivity index (χ1) is 9.08.